The standard InChI is InChI=1S/C16H23N5O/c1-20-10-8-17-16(20)14-12(6-5-11-22-14)15-19-18-13-7-3-2-4-9-21(13)15/h8,10,12,14H,2-7,9,11H2,1H3/t12-,14-/m1/s1. The van der Waals surface area contributed by atoms with E-state index < -0.39 is 0 Å². The average molecular weight is 301 g/mol. The smallest absolute Gasteiger partial charge is 0.139 e. The summed E-state index contributed by atoms with van der Waals surface area (Å²) in [5, 5.41) is 9.01. The lowest BCUT2D eigenvalue weighted by Gasteiger charge is -2.31. The highest BCUT2D eigenvalue weighted by molar-refractivity contribution is 5.12. The maximum atomic E-state index is 6.10. The normalized spacial score (nSPS) is 25.7. The first kappa shape index (κ1) is 13.9. The summed E-state index contributed by atoms with van der Waals surface area (Å²) in [6.07, 6.45) is 10.8. The molecule has 6 nitrogen and oxygen atoms in total. The maximum absolute atomic E-state index is 6.10. The summed E-state index contributed by atoms with van der Waals surface area (Å²) in [7, 11) is 2.03. The Hall–Kier alpha value is -1.69. The summed E-state index contributed by atoms with van der Waals surface area (Å²) >= 11 is 0. The van der Waals surface area contributed by atoms with Gasteiger partial charge in [0.1, 0.15) is 23.6 Å². The van der Waals surface area contributed by atoms with Gasteiger partial charge in [-0.15, -0.1) is 10.2 Å². The van der Waals surface area contributed by atoms with Crippen LogP contribution in [-0.4, -0.2) is 30.9 Å². The Morgan fingerprint density at radius 1 is 1.14 bits per heavy atom. The van der Waals surface area contributed by atoms with Crippen molar-refractivity contribution < 1.29 is 4.74 Å². The first-order valence-electron chi connectivity index (χ1n) is 8.35. The number of hydrogen-bond donors (Lipinski definition) is 0. The van der Waals surface area contributed by atoms with E-state index in [0.717, 1.165) is 49.9 Å². The van der Waals surface area contributed by atoms with Crippen LogP contribution in [0.3, 0.4) is 0 Å². The van der Waals surface area contributed by atoms with E-state index in [4.69, 9.17) is 4.74 Å². The quantitative estimate of drug-likeness (QED) is 0.854. The van der Waals surface area contributed by atoms with Crippen molar-refractivity contribution in [2.45, 2.75) is 57.1 Å². The summed E-state index contributed by atoms with van der Waals surface area (Å²) in [6, 6.07) is 0. The molecule has 0 amide bonds. The SMILES string of the molecule is Cn1ccnc1[C@@H]1OCCC[C@H]1c1nnc2n1CCCCC2. The molecule has 0 aromatic carbocycles. The van der Waals surface area contributed by atoms with Gasteiger partial charge in [0.15, 0.2) is 0 Å². The molecule has 6 heteroatoms. The van der Waals surface area contributed by atoms with Crippen LogP contribution in [0.25, 0.3) is 0 Å². The van der Waals surface area contributed by atoms with E-state index in [2.05, 4.69) is 24.3 Å². The number of imidazole rings is 1. The van der Waals surface area contributed by atoms with Gasteiger partial charge in [-0.05, 0) is 25.7 Å². The van der Waals surface area contributed by atoms with Crippen LogP contribution in [0.1, 0.15) is 61.6 Å². The van der Waals surface area contributed by atoms with Crippen molar-refractivity contribution in [1.82, 2.24) is 24.3 Å². The molecular formula is C16H23N5O. The van der Waals surface area contributed by atoms with Gasteiger partial charge >= 0.3 is 0 Å². The molecular weight excluding hydrogens is 278 g/mol. The van der Waals surface area contributed by atoms with Gasteiger partial charge in [-0.2, -0.15) is 0 Å². The van der Waals surface area contributed by atoms with E-state index in [0.29, 0.717) is 0 Å². The zero-order chi connectivity index (χ0) is 14.9. The van der Waals surface area contributed by atoms with Crippen molar-refractivity contribution in [3.05, 3.63) is 29.9 Å². The second-order valence-corrected chi connectivity index (χ2v) is 6.37. The van der Waals surface area contributed by atoms with Crippen LogP contribution in [0.15, 0.2) is 12.4 Å². The van der Waals surface area contributed by atoms with Crippen LogP contribution in [0.2, 0.25) is 0 Å². The fourth-order valence-electron chi connectivity index (χ4n) is 3.73. The number of ether oxygens (including phenoxy) is 1. The van der Waals surface area contributed by atoms with Crippen LogP contribution < -0.4 is 0 Å². The molecule has 4 rings (SSSR count). The summed E-state index contributed by atoms with van der Waals surface area (Å²) in [4.78, 5) is 4.51. The predicted molar refractivity (Wildman–Crippen MR) is 81.5 cm³/mol. The van der Waals surface area contributed by atoms with Crippen molar-refractivity contribution in [3.63, 3.8) is 0 Å². The van der Waals surface area contributed by atoms with Crippen molar-refractivity contribution in [1.29, 1.82) is 0 Å². The van der Waals surface area contributed by atoms with Gasteiger partial charge in [-0.3, -0.25) is 0 Å². The Bertz CT molecular complexity index is 647. The molecule has 0 N–H and O–H groups in total. The van der Waals surface area contributed by atoms with Gasteiger partial charge < -0.3 is 13.9 Å². The highest BCUT2D eigenvalue weighted by Crippen LogP contribution is 2.39. The second kappa shape index (κ2) is 5.83. The molecule has 0 spiro atoms. The van der Waals surface area contributed by atoms with Crippen LogP contribution >= 0.6 is 0 Å². The minimum Gasteiger partial charge on any atom is -0.370 e. The summed E-state index contributed by atoms with van der Waals surface area (Å²) in [5.74, 6) is 3.51. The van der Waals surface area contributed by atoms with E-state index in [9.17, 15) is 0 Å². The first-order valence-corrected chi connectivity index (χ1v) is 8.35. The van der Waals surface area contributed by atoms with E-state index in [1.165, 1.54) is 19.3 Å². The molecule has 2 aromatic rings. The summed E-state index contributed by atoms with van der Waals surface area (Å²) in [5.41, 5.74) is 0. The Morgan fingerprint density at radius 3 is 2.95 bits per heavy atom. The fraction of sp³-hybridized carbons (Fsp3) is 0.688. The summed E-state index contributed by atoms with van der Waals surface area (Å²) in [6.45, 7) is 1.84. The van der Waals surface area contributed by atoms with Gasteiger partial charge in [-0.1, -0.05) is 6.42 Å². The molecule has 2 aliphatic rings. The molecule has 1 saturated heterocycles. The minimum atomic E-state index is -0.00898. The first-order chi connectivity index (χ1) is 10.8. The zero-order valence-corrected chi connectivity index (χ0v) is 13.1. The molecule has 0 saturated carbocycles. The Balaban J connectivity index is 1.70. The van der Waals surface area contributed by atoms with Gasteiger partial charge in [-0.25, -0.2) is 4.98 Å². The van der Waals surface area contributed by atoms with Crippen molar-refractivity contribution >= 4 is 0 Å². The largest absolute Gasteiger partial charge is 0.370 e. The van der Waals surface area contributed by atoms with Gasteiger partial charge in [0, 0.05) is 39.0 Å². The molecule has 2 aromatic heterocycles. The zero-order valence-electron chi connectivity index (χ0n) is 13.1. The number of aromatic nitrogens is 5. The highest BCUT2D eigenvalue weighted by Gasteiger charge is 2.35. The molecule has 4 heterocycles. The van der Waals surface area contributed by atoms with Crippen LogP contribution in [-0.2, 0) is 24.8 Å². The summed E-state index contributed by atoms with van der Waals surface area (Å²) < 4.78 is 10.5. The maximum Gasteiger partial charge on any atom is 0.139 e. The van der Waals surface area contributed by atoms with Crippen molar-refractivity contribution in [3.8, 4) is 0 Å². The van der Waals surface area contributed by atoms with Crippen LogP contribution in [0, 0.1) is 0 Å². The molecule has 22 heavy (non-hydrogen) atoms. The lowest BCUT2D eigenvalue weighted by molar-refractivity contribution is -0.0122. The molecule has 1 fully saturated rings. The Morgan fingerprint density at radius 2 is 2.09 bits per heavy atom. The fourth-order valence-corrected chi connectivity index (χ4v) is 3.73. The molecule has 0 unspecified atom stereocenters. The number of aryl methyl sites for hydroxylation is 2. The van der Waals surface area contributed by atoms with Crippen LogP contribution in [0.5, 0.6) is 0 Å². The van der Waals surface area contributed by atoms with E-state index in [1.54, 1.807) is 0 Å². The van der Waals surface area contributed by atoms with E-state index in [1.807, 2.05) is 19.4 Å². The number of hydrogen-bond acceptors (Lipinski definition) is 4. The average Bonchev–Trinajstić information content (AvgIpc) is 3.07. The number of fused-ring (bicyclic) bond motifs is 1. The lowest BCUT2D eigenvalue weighted by atomic mass is 9.92. The predicted octanol–water partition coefficient (Wildman–Crippen LogP) is 2.37. The molecule has 0 bridgehead atoms. The third-order valence-corrected chi connectivity index (χ3v) is 4.91. The third kappa shape index (κ3) is 2.35. The van der Waals surface area contributed by atoms with E-state index >= 15 is 0 Å². The molecule has 0 radical (unpaired) electrons. The minimum absolute atomic E-state index is 0.00898. The molecule has 2 aliphatic heterocycles. The Kier molecular flexibility index (Phi) is 3.70. The molecule has 0 aliphatic carbocycles. The molecule has 2 atom stereocenters. The molecule has 118 valence electrons. The van der Waals surface area contributed by atoms with Gasteiger partial charge in [0.2, 0.25) is 0 Å². The van der Waals surface area contributed by atoms with Gasteiger partial charge in [0.25, 0.3) is 0 Å². The third-order valence-electron chi connectivity index (χ3n) is 4.91. The lowest BCUT2D eigenvalue weighted by Crippen LogP contribution is -2.26. The second-order valence-electron chi connectivity index (χ2n) is 6.37. The van der Waals surface area contributed by atoms with Crippen molar-refractivity contribution in [2.75, 3.05) is 6.61 Å². The number of rotatable bonds is 2. The topological polar surface area (TPSA) is 57.8 Å². The highest BCUT2D eigenvalue weighted by atomic mass is 16.5. The van der Waals surface area contributed by atoms with Gasteiger partial charge in [0.05, 0.1) is 5.92 Å². The Labute approximate surface area is 130 Å². The van der Waals surface area contributed by atoms with Crippen LogP contribution in [0.4, 0.5) is 0 Å². The number of nitrogens with zero attached hydrogens (tertiary/aromatic N) is 5. The van der Waals surface area contributed by atoms with E-state index in [-0.39, 0.29) is 12.0 Å². The monoisotopic (exact) mass is 301 g/mol. The van der Waals surface area contributed by atoms with Crippen molar-refractivity contribution in [2.24, 2.45) is 7.05 Å².